The Morgan fingerprint density at radius 2 is 0.813 bits per heavy atom. The number of carbonyl (C=O) groups excluding carboxylic acids is 1. The smallest absolute Gasteiger partial charge is 0.387 e. The third kappa shape index (κ3) is 58.2. The summed E-state index contributed by atoms with van der Waals surface area (Å²) in [4.78, 5) is 23.3. The normalized spacial score (nSPS) is 14.8. The van der Waals surface area contributed by atoms with E-state index in [0.29, 0.717) is 17.4 Å². The van der Waals surface area contributed by atoms with E-state index in [0.717, 1.165) is 122 Å². The van der Waals surface area contributed by atoms with E-state index in [-0.39, 0.29) is 19.1 Å². The molecule has 0 radical (unpaired) electrons. The van der Waals surface area contributed by atoms with Crippen LogP contribution in [0.15, 0.2) is 134 Å². The summed E-state index contributed by atoms with van der Waals surface area (Å²) >= 11 is 0. The molecule has 428 valence electrons. The number of nitrogens with one attached hydrogen (secondary N) is 1. The van der Waals surface area contributed by atoms with E-state index in [4.69, 9.17) is 9.05 Å². The molecule has 3 atom stereocenters. The lowest BCUT2D eigenvalue weighted by molar-refractivity contribution is -0.870. The lowest BCUT2D eigenvalue weighted by Gasteiger charge is -2.25. The number of phosphoric ester groups is 1. The number of amides is 1. The molecular weight excluding hydrogens is 948 g/mol. The van der Waals surface area contributed by atoms with Gasteiger partial charge in [0.05, 0.1) is 39.9 Å². The summed E-state index contributed by atoms with van der Waals surface area (Å²) in [5, 5.41) is 13.9. The van der Waals surface area contributed by atoms with Gasteiger partial charge in [-0.1, -0.05) is 244 Å². The standard InChI is InChI=1S/C66H113N2O6P/c1-6-8-10-12-14-16-18-20-22-24-26-28-30-31-32-33-34-35-36-37-38-40-42-44-46-48-50-52-54-56-58-60-66(70)67-64(63-74-75(71,72)73-62-61-68(3,4)5)65(69)59-57-55-53-51-49-47-45-43-41-39-29-27-25-23-21-19-17-15-13-11-9-7-2/h8,10,14,16,20,22,26,28,31-32,34-35,37-38,41-44,49,51,57,59,64-65,69H,6-7,9,11-13,15,17-19,21,23-25,27,29-30,33,36,39-40,45-48,50,52-56,58,60-63H2,1-5H3,(H-,67,70,71,72)/p+1/b10-8-,16-14-,22-20-,28-26-,32-31-,35-34-,38-37-,43-41+,44-42-,51-49+,59-57+. The molecule has 1 amide bonds. The van der Waals surface area contributed by atoms with Crippen molar-refractivity contribution in [2.45, 2.75) is 238 Å². The number of nitrogens with zero attached hydrogens (tertiary/aromatic N) is 1. The second kappa shape index (κ2) is 55.4. The van der Waals surface area contributed by atoms with Gasteiger partial charge in [0, 0.05) is 6.42 Å². The van der Waals surface area contributed by atoms with Crippen molar-refractivity contribution in [1.82, 2.24) is 5.32 Å². The van der Waals surface area contributed by atoms with E-state index >= 15 is 0 Å². The van der Waals surface area contributed by atoms with E-state index in [1.165, 1.54) is 83.5 Å². The summed E-state index contributed by atoms with van der Waals surface area (Å²) in [6.07, 6.45) is 84.1. The first kappa shape index (κ1) is 71.6. The van der Waals surface area contributed by atoms with Crippen LogP contribution in [0.3, 0.4) is 0 Å². The lowest BCUT2D eigenvalue weighted by Crippen LogP contribution is -2.45. The van der Waals surface area contributed by atoms with Crippen LogP contribution >= 0.6 is 7.82 Å². The fourth-order valence-corrected chi connectivity index (χ4v) is 8.65. The number of carbonyl (C=O) groups is 1. The molecule has 0 aromatic rings. The molecule has 0 spiro atoms. The third-order valence-corrected chi connectivity index (χ3v) is 13.6. The Morgan fingerprint density at radius 1 is 0.467 bits per heavy atom. The Morgan fingerprint density at radius 3 is 1.23 bits per heavy atom. The van der Waals surface area contributed by atoms with Crippen LogP contribution in [0.4, 0.5) is 0 Å². The highest BCUT2D eigenvalue weighted by Crippen LogP contribution is 2.43. The van der Waals surface area contributed by atoms with Crippen LogP contribution in [-0.2, 0) is 18.4 Å². The van der Waals surface area contributed by atoms with E-state index in [2.05, 4.69) is 141 Å². The van der Waals surface area contributed by atoms with Crippen molar-refractivity contribution in [3.8, 4) is 0 Å². The topological polar surface area (TPSA) is 105 Å². The SMILES string of the molecule is CC/C=C\C/C=C\C/C=C\C/C=C\C/C=C\C/C=C\C/C=C\C/C=C\CCCCCCCCC(=O)NC(COP(=O)(O)OCC[N+](C)(C)C)C(O)/C=C/CC/C=C/CC/C=C/CCCCCCCCCCCCCC. The van der Waals surface area contributed by atoms with Gasteiger partial charge < -0.3 is 19.8 Å². The molecule has 75 heavy (non-hydrogen) atoms. The molecule has 9 heteroatoms. The minimum Gasteiger partial charge on any atom is -0.387 e. The fraction of sp³-hybridized carbons (Fsp3) is 0.652. The molecule has 0 saturated heterocycles. The number of likely N-dealkylation sites (N-methyl/N-ethyl adjacent to an activating group) is 1. The zero-order chi connectivity index (χ0) is 54.9. The van der Waals surface area contributed by atoms with Gasteiger partial charge in [0.1, 0.15) is 13.2 Å². The summed E-state index contributed by atoms with van der Waals surface area (Å²) < 4.78 is 23.7. The Kier molecular flexibility index (Phi) is 52.9. The van der Waals surface area contributed by atoms with Crippen LogP contribution in [0.25, 0.3) is 0 Å². The largest absolute Gasteiger partial charge is 0.472 e. The number of allylic oxidation sites excluding steroid dienone is 21. The molecule has 0 aromatic carbocycles. The van der Waals surface area contributed by atoms with Gasteiger partial charge in [-0.25, -0.2) is 4.57 Å². The maximum atomic E-state index is 13.0. The molecule has 0 aromatic heterocycles. The summed E-state index contributed by atoms with van der Waals surface area (Å²) in [7, 11) is 1.52. The van der Waals surface area contributed by atoms with Gasteiger partial charge in [-0.3, -0.25) is 13.8 Å². The molecule has 3 unspecified atom stereocenters. The first-order chi connectivity index (χ1) is 36.5. The maximum absolute atomic E-state index is 13.0. The summed E-state index contributed by atoms with van der Waals surface area (Å²) in [5.74, 6) is -0.211. The first-order valence-electron chi connectivity index (χ1n) is 30.1. The quantitative estimate of drug-likeness (QED) is 0.0243. The van der Waals surface area contributed by atoms with Gasteiger partial charge in [0.25, 0.3) is 0 Å². The number of unbranched alkanes of at least 4 members (excludes halogenated alkanes) is 20. The van der Waals surface area contributed by atoms with Crippen LogP contribution < -0.4 is 5.32 Å². The summed E-state index contributed by atoms with van der Waals surface area (Å²) in [6.45, 7) is 4.65. The molecule has 0 saturated carbocycles. The Hall–Kier alpha value is -3.36. The Labute approximate surface area is 462 Å². The lowest BCUT2D eigenvalue weighted by atomic mass is 10.0. The number of hydrogen-bond acceptors (Lipinski definition) is 5. The fourth-order valence-electron chi connectivity index (χ4n) is 7.91. The maximum Gasteiger partial charge on any atom is 0.472 e. The number of aliphatic hydroxyl groups is 1. The molecular formula is C66H114N2O6P+. The van der Waals surface area contributed by atoms with Gasteiger partial charge in [0.2, 0.25) is 5.91 Å². The van der Waals surface area contributed by atoms with Crippen molar-refractivity contribution >= 4 is 13.7 Å². The molecule has 0 heterocycles. The molecule has 0 aliphatic rings. The number of aliphatic hydroxyl groups excluding tert-OH is 1. The zero-order valence-corrected chi connectivity index (χ0v) is 49.6. The van der Waals surface area contributed by atoms with Gasteiger partial charge in [-0.15, -0.1) is 0 Å². The molecule has 0 aliphatic carbocycles. The monoisotopic (exact) mass is 1060 g/mol. The predicted octanol–water partition coefficient (Wildman–Crippen LogP) is 18.7. The Balaban J connectivity index is 4.34. The first-order valence-corrected chi connectivity index (χ1v) is 31.6. The number of phosphoric acid groups is 1. The van der Waals surface area contributed by atoms with Crippen LogP contribution in [0.5, 0.6) is 0 Å². The zero-order valence-electron chi connectivity index (χ0n) is 48.7. The molecule has 3 N–H and O–H groups in total. The Bertz CT molecular complexity index is 1680. The van der Waals surface area contributed by atoms with Crippen LogP contribution in [0.2, 0.25) is 0 Å². The predicted molar refractivity (Wildman–Crippen MR) is 327 cm³/mol. The number of quaternary nitrogens is 1. The van der Waals surface area contributed by atoms with Crippen LogP contribution in [0.1, 0.15) is 226 Å². The minimum atomic E-state index is -4.38. The average Bonchev–Trinajstić information content (AvgIpc) is 3.37. The van der Waals surface area contributed by atoms with Crippen LogP contribution in [-0.4, -0.2) is 73.4 Å². The molecule has 0 bridgehead atoms. The van der Waals surface area contributed by atoms with E-state index in [1.807, 2.05) is 27.2 Å². The van der Waals surface area contributed by atoms with Crippen molar-refractivity contribution < 1.29 is 32.9 Å². The van der Waals surface area contributed by atoms with Crippen molar-refractivity contribution in [3.05, 3.63) is 134 Å². The average molecular weight is 1060 g/mol. The highest BCUT2D eigenvalue weighted by Gasteiger charge is 2.27. The van der Waals surface area contributed by atoms with Gasteiger partial charge in [-0.2, -0.15) is 0 Å². The van der Waals surface area contributed by atoms with E-state index in [9.17, 15) is 19.4 Å². The number of hydrogen-bond donors (Lipinski definition) is 3. The number of rotatable bonds is 53. The van der Waals surface area contributed by atoms with Crippen molar-refractivity contribution in [3.63, 3.8) is 0 Å². The minimum absolute atomic E-state index is 0.0428. The molecule has 8 nitrogen and oxygen atoms in total. The summed E-state index contributed by atoms with van der Waals surface area (Å²) in [5.41, 5.74) is 0. The third-order valence-electron chi connectivity index (χ3n) is 12.6. The molecule has 0 aliphatic heterocycles. The van der Waals surface area contributed by atoms with Crippen molar-refractivity contribution in [2.24, 2.45) is 0 Å². The van der Waals surface area contributed by atoms with Crippen LogP contribution in [0, 0.1) is 0 Å². The second-order valence-electron chi connectivity index (χ2n) is 21.0. The molecule has 0 rings (SSSR count). The highest BCUT2D eigenvalue weighted by molar-refractivity contribution is 7.47. The second-order valence-corrected chi connectivity index (χ2v) is 22.4. The van der Waals surface area contributed by atoms with Gasteiger partial charge >= 0.3 is 7.82 Å². The van der Waals surface area contributed by atoms with Crippen molar-refractivity contribution in [2.75, 3.05) is 40.9 Å². The summed E-state index contributed by atoms with van der Waals surface area (Å²) in [6, 6.07) is -0.889. The van der Waals surface area contributed by atoms with E-state index in [1.54, 1.807) is 6.08 Å². The van der Waals surface area contributed by atoms with Crippen molar-refractivity contribution in [1.29, 1.82) is 0 Å². The van der Waals surface area contributed by atoms with E-state index < -0.39 is 20.0 Å². The van der Waals surface area contributed by atoms with Gasteiger partial charge in [-0.05, 0) is 109 Å². The molecule has 0 fully saturated rings. The van der Waals surface area contributed by atoms with Gasteiger partial charge in [0.15, 0.2) is 0 Å². The highest BCUT2D eigenvalue weighted by atomic mass is 31.2.